The molecule has 0 saturated heterocycles. The molecule has 0 heterocycles. The zero-order valence-electron chi connectivity index (χ0n) is 12.8. The number of nitrogens with one attached hydrogen (secondary N) is 1. The van der Waals surface area contributed by atoms with Crippen LogP contribution in [0.2, 0.25) is 10.0 Å². The summed E-state index contributed by atoms with van der Waals surface area (Å²) in [5.74, 6) is 0. The normalized spacial score (nSPS) is 12.4. The summed E-state index contributed by atoms with van der Waals surface area (Å²) in [6, 6.07) is 2.99. The van der Waals surface area contributed by atoms with Crippen LogP contribution in [0.3, 0.4) is 0 Å². The lowest BCUT2D eigenvalue weighted by atomic mass is 10.2. The van der Waals surface area contributed by atoms with E-state index in [1.165, 1.54) is 10.4 Å². The first-order valence-corrected chi connectivity index (χ1v) is 9.09. The van der Waals surface area contributed by atoms with E-state index in [2.05, 4.69) is 5.32 Å². The third-order valence-corrected chi connectivity index (χ3v) is 6.31. The Kier molecular flexibility index (Phi) is 6.94. The largest absolute Gasteiger partial charge is 0.316 e. The first-order valence-electron chi connectivity index (χ1n) is 6.90. The van der Waals surface area contributed by atoms with Crippen molar-refractivity contribution in [1.82, 2.24) is 9.62 Å². The molecule has 0 aliphatic heterocycles. The van der Waals surface area contributed by atoms with E-state index in [0.29, 0.717) is 17.1 Å². The molecule has 21 heavy (non-hydrogen) atoms. The molecule has 4 nitrogen and oxygen atoms in total. The van der Waals surface area contributed by atoms with Crippen LogP contribution in [0.1, 0.15) is 32.3 Å². The van der Waals surface area contributed by atoms with Gasteiger partial charge in [-0.3, -0.25) is 0 Å². The van der Waals surface area contributed by atoms with Crippen LogP contribution in [0, 0.1) is 0 Å². The summed E-state index contributed by atoms with van der Waals surface area (Å²) in [6.45, 7) is 4.42. The first kappa shape index (κ1) is 18.7. The van der Waals surface area contributed by atoms with Gasteiger partial charge in [-0.2, -0.15) is 4.31 Å². The molecular weight excluding hydrogens is 331 g/mol. The van der Waals surface area contributed by atoms with E-state index in [0.717, 1.165) is 12.8 Å². The first-order chi connectivity index (χ1) is 9.79. The quantitative estimate of drug-likeness (QED) is 0.816. The van der Waals surface area contributed by atoms with E-state index >= 15 is 0 Å². The summed E-state index contributed by atoms with van der Waals surface area (Å²) in [5, 5.41) is 3.57. The maximum Gasteiger partial charge on any atom is 0.244 e. The molecule has 0 atom stereocenters. The third kappa shape index (κ3) is 4.11. The molecule has 0 radical (unpaired) electrons. The molecule has 1 rings (SSSR count). The van der Waals surface area contributed by atoms with Crippen LogP contribution in [0.15, 0.2) is 17.0 Å². The summed E-state index contributed by atoms with van der Waals surface area (Å²) in [4.78, 5) is 0.105. The topological polar surface area (TPSA) is 49.4 Å². The summed E-state index contributed by atoms with van der Waals surface area (Å²) in [6.07, 6.45) is 1.50. The molecular formula is C14H22Cl2N2O2S. The highest BCUT2D eigenvalue weighted by molar-refractivity contribution is 7.89. The minimum Gasteiger partial charge on any atom is -0.316 e. The van der Waals surface area contributed by atoms with Crippen molar-refractivity contribution in [2.24, 2.45) is 0 Å². The average molecular weight is 353 g/mol. The van der Waals surface area contributed by atoms with E-state index in [-0.39, 0.29) is 16.0 Å². The van der Waals surface area contributed by atoms with Crippen molar-refractivity contribution in [2.45, 2.75) is 44.2 Å². The zero-order chi connectivity index (χ0) is 16.2. The second-order valence-corrected chi connectivity index (χ2v) is 7.68. The van der Waals surface area contributed by atoms with Gasteiger partial charge in [0.25, 0.3) is 0 Å². The molecule has 0 bridgehead atoms. The highest BCUT2D eigenvalue weighted by Crippen LogP contribution is 2.31. The number of nitrogens with zero attached hydrogens (tertiary/aromatic N) is 1. The van der Waals surface area contributed by atoms with Crippen molar-refractivity contribution >= 4 is 33.2 Å². The van der Waals surface area contributed by atoms with Crippen LogP contribution in [0.25, 0.3) is 0 Å². The van der Waals surface area contributed by atoms with Crippen LogP contribution in [0.4, 0.5) is 0 Å². The maximum absolute atomic E-state index is 12.8. The van der Waals surface area contributed by atoms with Gasteiger partial charge in [-0.1, -0.05) is 37.0 Å². The Morgan fingerprint density at radius 1 is 1.19 bits per heavy atom. The number of hydrogen-bond donors (Lipinski definition) is 1. The number of halogens is 2. The van der Waals surface area contributed by atoms with Crippen LogP contribution >= 0.6 is 23.2 Å². The van der Waals surface area contributed by atoms with Gasteiger partial charge in [0.1, 0.15) is 4.90 Å². The SMILES string of the molecule is CCC(CC)N(C)S(=O)(=O)c1cc(CNC)c(Cl)cc1Cl. The zero-order valence-corrected chi connectivity index (χ0v) is 15.1. The van der Waals surface area contributed by atoms with Crippen molar-refractivity contribution in [3.8, 4) is 0 Å². The molecule has 0 saturated carbocycles. The Morgan fingerprint density at radius 2 is 1.76 bits per heavy atom. The second kappa shape index (κ2) is 7.79. The van der Waals surface area contributed by atoms with E-state index < -0.39 is 10.0 Å². The number of sulfonamides is 1. The second-order valence-electron chi connectivity index (χ2n) is 4.90. The molecule has 0 aliphatic carbocycles. The predicted octanol–water partition coefficient (Wildman–Crippen LogP) is 3.52. The van der Waals surface area contributed by atoms with Crippen molar-refractivity contribution in [3.63, 3.8) is 0 Å². The van der Waals surface area contributed by atoms with E-state index in [4.69, 9.17) is 23.2 Å². The molecule has 0 amide bonds. The number of hydrogen-bond acceptors (Lipinski definition) is 3. The summed E-state index contributed by atoms with van der Waals surface area (Å²) in [5.41, 5.74) is 0.708. The summed E-state index contributed by atoms with van der Waals surface area (Å²) >= 11 is 12.2. The third-order valence-electron chi connectivity index (χ3n) is 3.58. The number of benzene rings is 1. The van der Waals surface area contributed by atoms with Crippen molar-refractivity contribution in [1.29, 1.82) is 0 Å². The standard InChI is InChI=1S/C14H22Cl2N2O2S/c1-5-11(6-2)18(4)21(19,20)14-7-10(9-17-3)12(15)8-13(14)16/h7-8,11,17H,5-6,9H2,1-4H3. The predicted molar refractivity (Wildman–Crippen MR) is 88.5 cm³/mol. The monoisotopic (exact) mass is 352 g/mol. The van der Waals surface area contributed by atoms with E-state index in [1.54, 1.807) is 20.2 Å². The fourth-order valence-electron chi connectivity index (χ4n) is 2.25. The van der Waals surface area contributed by atoms with Gasteiger partial charge in [0.15, 0.2) is 0 Å². The fraction of sp³-hybridized carbons (Fsp3) is 0.571. The molecule has 0 aliphatic rings. The summed E-state index contributed by atoms with van der Waals surface area (Å²) < 4.78 is 26.9. The minimum atomic E-state index is -3.64. The van der Waals surface area contributed by atoms with Gasteiger partial charge in [0.05, 0.1) is 5.02 Å². The van der Waals surface area contributed by atoms with Gasteiger partial charge in [-0.05, 0) is 37.6 Å². The maximum atomic E-state index is 12.8. The van der Waals surface area contributed by atoms with Crippen molar-refractivity contribution in [2.75, 3.05) is 14.1 Å². The molecule has 7 heteroatoms. The van der Waals surface area contributed by atoms with Crippen LogP contribution in [0.5, 0.6) is 0 Å². The van der Waals surface area contributed by atoms with Crippen LogP contribution < -0.4 is 5.32 Å². The molecule has 0 spiro atoms. The molecule has 0 aromatic heterocycles. The minimum absolute atomic E-state index is 0.0468. The molecule has 0 fully saturated rings. The Hall–Kier alpha value is -0.330. The Morgan fingerprint density at radius 3 is 2.24 bits per heavy atom. The van der Waals surface area contributed by atoms with Gasteiger partial charge in [-0.15, -0.1) is 0 Å². The molecule has 1 aromatic carbocycles. The van der Waals surface area contributed by atoms with Crippen molar-refractivity contribution in [3.05, 3.63) is 27.7 Å². The lowest BCUT2D eigenvalue weighted by Gasteiger charge is -2.26. The molecule has 0 unspecified atom stereocenters. The molecule has 120 valence electrons. The smallest absolute Gasteiger partial charge is 0.244 e. The lowest BCUT2D eigenvalue weighted by Crippen LogP contribution is -2.36. The Labute approximate surface area is 137 Å². The fourth-order valence-corrected chi connectivity index (χ4v) is 4.59. The molecule has 1 aromatic rings. The van der Waals surface area contributed by atoms with Gasteiger partial charge in [0.2, 0.25) is 10.0 Å². The van der Waals surface area contributed by atoms with E-state index in [1.807, 2.05) is 13.8 Å². The molecule has 1 N–H and O–H groups in total. The van der Waals surface area contributed by atoms with Crippen LogP contribution in [-0.4, -0.2) is 32.9 Å². The highest BCUT2D eigenvalue weighted by atomic mass is 35.5. The van der Waals surface area contributed by atoms with E-state index in [9.17, 15) is 8.42 Å². The Bertz CT molecular complexity index is 587. The van der Waals surface area contributed by atoms with Gasteiger partial charge < -0.3 is 5.32 Å². The summed E-state index contributed by atoms with van der Waals surface area (Å²) in [7, 11) is -0.269. The van der Waals surface area contributed by atoms with Crippen LogP contribution in [-0.2, 0) is 16.6 Å². The van der Waals surface area contributed by atoms with Gasteiger partial charge in [-0.25, -0.2) is 8.42 Å². The Balaban J connectivity index is 3.34. The lowest BCUT2D eigenvalue weighted by molar-refractivity contribution is 0.349. The van der Waals surface area contributed by atoms with Crippen molar-refractivity contribution < 1.29 is 8.42 Å². The van der Waals surface area contributed by atoms with Gasteiger partial charge in [0, 0.05) is 24.7 Å². The highest BCUT2D eigenvalue weighted by Gasteiger charge is 2.28. The van der Waals surface area contributed by atoms with Gasteiger partial charge >= 0.3 is 0 Å². The average Bonchev–Trinajstić information content (AvgIpc) is 2.42. The number of rotatable bonds is 7.